The summed E-state index contributed by atoms with van der Waals surface area (Å²) >= 11 is 5.39. The first-order chi connectivity index (χ1) is 11.1. The summed E-state index contributed by atoms with van der Waals surface area (Å²) in [5, 5.41) is 0.619. The second-order valence-electron chi connectivity index (χ2n) is 5.44. The predicted octanol–water partition coefficient (Wildman–Crippen LogP) is 3.40. The summed E-state index contributed by atoms with van der Waals surface area (Å²) in [6.07, 6.45) is 0. The van der Waals surface area contributed by atoms with Gasteiger partial charge in [0.05, 0.1) is 16.9 Å². The Balaban J connectivity index is 1.88. The van der Waals surface area contributed by atoms with Gasteiger partial charge in [0, 0.05) is 0 Å². The molecule has 4 rings (SSSR count). The van der Waals surface area contributed by atoms with E-state index in [4.69, 9.17) is 21.7 Å². The molecule has 6 heteroatoms. The normalized spacial score (nSPS) is 14.1. The zero-order valence-corrected chi connectivity index (χ0v) is 13.2. The average molecular weight is 326 g/mol. The number of hydrogen-bond acceptors (Lipinski definition) is 4. The van der Waals surface area contributed by atoms with E-state index in [-0.39, 0.29) is 18.4 Å². The predicted molar refractivity (Wildman–Crippen MR) is 89.8 cm³/mol. The third-order valence-corrected chi connectivity index (χ3v) is 4.40. The largest absolute Gasteiger partial charge is 0.454 e. The molecule has 23 heavy (non-hydrogen) atoms. The Morgan fingerprint density at radius 2 is 1.96 bits per heavy atom. The van der Waals surface area contributed by atoms with Crippen LogP contribution in [0, 0.1) is 4.77 Å². The van der Waals surface area contributed by atoms with E-state index < -0.39 is 0 Å². The maximum atomic E-state index is 12.8. The Bertz CT molecular complexity index is 1020. The van der Waals surface area contributed by atoms with Crippen LogP contribution in [0.3, 0.4) is 0 Å². The van der Waals surface area contributed by atoms with E-state index in [2.05, 4.69) is 4.98 Å². The molecule has 5 nitrogen and oxygen atoms in total. The van der Waals surface area contributed by atoms with Crippen LogP contribution in [0.15, 0.2) is 47.3 Å². The summed E-state index contributed by atoms with van der Waals surface area (Å²) in [4.78, 5) is 15.9. The van der Waals surface area contributed by atoms with Crippen molar-refractivity contribution in [2.24, 2.45) is 0 Å². The Hall–Kier alpha value is -2.60. The number of rotatable bonds is 2. The van der Waals surface area contributed by atoms with Crippen LogP contribution in [0.1, 0.15) is 18.5 Å². The third-order valence-electron chi connectivity index (χ3n) is 4.10. The second-order valence-corrected chi connectivity index (χ2v) is 5.83. The second kappa shape index (κ2) is 5.24. The Kier molecular flexibility index (Phi) is 3.20. The van der Waals surface area contributed by atoms with Gasteiger partial charge in [-0.25, -0.2) is 0 Å². The highest BCUT2D eigenvalue weighted by Gasteiger charge is 2.18. The summed E-state index contributed by atoms with van der Waals surface area (Å²) in [6, 6.07) is 12.8. The number of aromatic nitrogens is 2. The number of aromatic amines is 1. The van der Waals surface area contributed by atoms with E-state index in [1.54, 1.807) is 10.6 Å². The molecule has 1 aliphatic heterocycles. The molecule has 1 aromatic heterocycles. The van der Waals surface area contributed by atoms with Crippen LogP contribution in [0.5, 0.6) is 11.5 Å². The van der Waals surface area contributed by atoms with Crippen LogP contribution in [-0.4, -0.2) is 16.3 Å². The van der Waals surface area contributed by atoms with Gasteiger partial charge in [-0.3, -0.25) is 9.36 Å². The first-order valence-electron chi connectivity index (χ1n) is 7.28. The van der Waals surface area contributed by atoms with Crippen LogP contribution >= 0.6 is 12.2 Å². The van der Waals surface area contributed by atoms with Gasteiger partial charge in [-0.05, 0) is 49.0 Å². The van der Waals surface area contributed by atoms with Crippen molar-refractivity contribution in [2.45, 2.75) is 13.0 Å². The maximum absolute atomic E-state index is 12.8. The monoisotopic (exact) mass is 326 g/mol. The van der Waals surface area contributed by atoms with Crippen LogP contribution < -0.4 is 15.0 Å². The highest BCUT2D eigenvalue weighted by atomic mass is 32.1. The van der Waals surface area contributed by atoms with Gasteiger partial charge in [-0.1, -0.05) is 18.2 Å². The molecule has 1 N–H and O–H groups in total. The molecule has 2 heterocycles. The van der Waals surface area contributed by atoms with Crippen molar-refractivity contribution in [2.75, 3.05) is 6.79 Å². The maximum Gasteiger partial charge on any atom is 0.262 e. The van der Waals surface area contributed by atoms with Crippen molar-refractivity contribution in [3.8, 4) is 11.5 Å². The molecule has 3 aromatic rings. The molecule has 0 spiro atoms. The fourth-order valence-corrected chi connectivity index (χ4v) is 3.20. The van der Waals surface area contributed by atoms with Crippen LogP contribution in [0.25, 0.3) is 10.9 Å². The molecule has 1 atom stereocenters. The lowest BCUT2D eigenvalue weighted by molar-refractivity contribution is 0.174. The average Bonchev–Trinajstić information content (AvgIpc) is 3.02. The third kappa shape index (κ3) is 2.22. The highest BCUT2D eigenvalue weighted by Crippen LogP contribution is 2.34. The van der Waals surface area contributed by atoms with E-state index >= 15 is 0 Å². The minimum absolute atomic E-state index is 0.102. The van der Waals surface area contributed by atoms with E-state index in [1.165, 1.54) is 0 Å². The minimum atomic E-state index is -0.217. The Labute approximate surface area is 137 Å². The van der Waals surface area contributed by atoms with Crippen molar-refractivity contribution >= 4 is 23.1 Å². The van der Waals surface area contributed by atoms with Gasteiger partial charge >= 0.3 is 0 Å². The molecule has 116 valence electrons. The summed E-state index contributed by atoms with van der Waals surface area (Å²) in [7, 11) is 0. The molecule has 2 aromatic carbocycles. The van der Waals surface area contributed by atoms with E-state index in [0.717, 1.165) is 16.8 Å². The van der Waals surface area contributed by atoms with Crippen molar-refractivity contribution in [1.29, 1.82) is 0 Å². The number of ether oxygens (including phenoxy) is 2. The first-order valence-corrected chi connectivity index (χ1v) is 7.69. The number of hydrogen-bond donors (Lipinski definition) is 1. The fourth-order valence-electron chi connectivity index (χ4n) is 2.85. The quantitative estimate of drug-likeness (QED) is 0.733. The minimum Gasteiger partial charge on any atom is -0.454 e. The van der Waals surface area contributed by atoms with Crippen LogP contribution in [-0.2, 0) is 0 Å². The highest BCUT2D eigenvalue weighted by molar-refractivity contribution is 7.71. The smallest absolute Gasteiger partial charge is 0.262 e. The standard InChI is InChI=1S/C17H14N2O3S/c1-10(11-6-7-14-15(8-11)22-9-21-14)19-16(20)12-4-2-3-5-13(12)18-17(19)23/h2-8,10H,9H2,1H3,(H,18,23)/t10-/m1/s1. The van der Waals surface area contributed by atoms with Crippen LogP contribution in [0.2, 0.25) is 0 Å². The molecule has 0 saturated carbocycles. The van der Waals surface area contributed by atoms with Crippen LogP contribution in [0.4, 0.5) is 0 Å². The molecule has 0 radical (unpaired) electrons. The summed E-state index contributed by atoms with van der Waals surface area (Å²) in [5.74, 6) is 1.41. The fraction of sp³-hybridized carbons (Fsp3) is 0.176. The first kappa shape index (κ1) is 14.0. The van der Waals surface area contributed by atoms with E-state index in [1.807, 2.05) is 43.3 Å². The lowest BCUT2D eigenvalue weighted by Crippen LogP contribution is -2.25. The SMILES string of the molecule is C[C@H](c1ccc2c(c1)OCO2)n1c(=S)[nH]c2ccccc2c1=O. The van der Waals surface area contributed by atoms with E-state index in [0.29, 0.717) is 15.9 Å². The lowest BCUT2D eigenvalue weighted by atomic mass is 10.1. The summed E-state index contributed by atoms with van der Waals surface area (Å²) in [6.45, 7) is 2.17. The van der Waals surface area contributed by atoms with Gasteiger partial charge in [-0.15, -0.1) is 0 Å². The molecular formula is C17H14N2O3S. The van der Waals surface area contributed by atoms with Gasteiger partial charge in [0.15, 0.2) is 16.3 Å². The number of fused-ring (bicyclic) bond motifs is 2. The zero-order chi connectivity index (χ0) is 16.0. The molecular weight excluding hydrogens is 312 g/mol. The van der Waals surface area contributed by atoms with Gasteiger partial charge in [0.25, 0.3) is 5.56 Å². The molecule has 0 aliphatic carbocycles. The number of para-hydroxylation sites is 1. The molecule has 0 bridgehead atoms. The Morgan fingerprint density at radius 1 is 1.17 bits per heavy atom. The van der Waals surface area contributed by atoms with Crippen molar-refractivity contribution in [3.63, 3.8) is 0 Å². The van der Waals surface area contributed by atoms with E-state index in [9.17, 15) is 4.79 Å². The molecule has 0 saturated heterocycles. The number of H-pyrrole nitrogens is 1. The van der Waals surface area contributed by atoms with Gasteiger partial charge in [0.2, 0.25) is 6.79 Å². The summed E-state index contributed by atoms with van der Waals surface area (Å²) in [5.41, 5.74) is 1.58. The molecule has 1 aliphatic rings. The molecule has 0 amide bonds. The Morgan fingerprint density at radius 3 is 2.83 bits per heavy atom. The van der Waals surface area contributed by atoms with Crippen molar-refractivity contribution in [3.05, 3.63) is 63.2 Å². The number of nitrogens with one attached hydrogen (secondary N) is 1. The number of benzene rings is 2. The van der Waals surface area contributed by atoms with Crippen molar-refractivity contribution in [1.82, 2.24) is 9.55 Å². The zero-order valence-electron chi connectivity index (χ0n) is 12.4. The molecule has 0 unspecified atom stereocenters. The summed E-state index contributed by atoms with van der Waals surface area (Å²) < 4.78 is 12.7. The number of nitrogens with zero attached hydrogens (tertiary/aromatic N) is 1. The van der Waals surface area contributed by atoms with Gasteiger partial charge in [-0.2, -0.15) is 0 Å². The lowest BCUT2D eigenvalue weighted by Gasteiger charge is -2.17. The molecule has 0 fully saturated rings. The van der Waals surface area contributed by atoms with Crippen molar-refractivity contribution < 1.29 is 9.47 Å². The van der Waals surface area contributed by atoms with Gasteiger partial charge < -0.3 is 14.5 Å². The topological polar surface area (TPSA) is 56.2 Å². The van der Waals surface area contributed by atoms with Gasteiger partial charge in [0.1, 0.15) is 0 Å².